The van der Waals surface area contributed by atoms with Crippen molar-refractivity contribution < 1.29 is 0 Å². The molecule has 1 saturated heterocycles. The number of nitrogens with zero attached hydrogens (tertiary/aromatic N) is 2. The fourth-order valence-electron chi connectivity index (χ4n) is 2.93. The molecular formula is C15H21N3. The lowest BCUT2D eigenvalue weighted by Gasteiger charge is -2.24. The largest absolute Gasteiger partial charge is 0.317 e. The summed E-state index contributed by atoms with van der Waals surface area (Å²) in [4.78, 5) is 4.63. The molecule has 1 aliphatic heterocycles. The smallest absolute Gasteiger partial charge is 0.137 e. The van der Waals surface area contributed by atoms with E-state index in [2.05, 4.69) is 47.0 Å². The summed E-state index contributed by atoms with van der Waals surface area (Å²) in [5.74, 6) is 0.711. The van der Waals surface area contributed by atoms with Crippen LogP contribution in [0.15, 0.2) is 18.5 Å². The molecule has 0 bridgehead atoms. The van der Waals surface area contributed by atoms with E-state index in [9.17, 15) is 0 Å². The molecule has 0 spiro atoms. The molecule has 3 rings (SSSR count). The highest BCUT2D eigenvalue weighted by Gasteiger charge is 2.18. The van der Waals surface area contributed by atoms with Crippen molar-refractivity contribution in [1.82, 2.24) is 14.7 Å². The molecule has 0 unspecified atom stereocenters. The van der Waals surface area contributed by atoms with Crippen LogP contribution in [0.3, 0.4) is 0 Å². The summed E-state index contributed by atoms with van der Waals surface area (Å²) in [6.45, 7) is 6.67. The summed E-state index contributed by atoms with van der Waals surface area (Å²) in [7, 11) is 0. The van der Waals surface area contributed by atoms with Crippen LogP contribution in [-0.4, -0.2) is 22.5 Å². The first-order chi connectivity index (χ1) is 8.78. The topological polar surface area (TPSA) is 29.3 Å². The summed E-state index contributed by atoms with van der Waals surface area (Å²) in [6.07, 6.45) is 7.97. The lowest BCUT2D eigenvalue weighted by molar-refractivity contribution is 0.458. The van der Waals surface area contributed by atoms with Gasteiger partial charge in [0.2, 0.25) is 0 Å². The number of hydrogen-bond donors (Lipinski definition) is 1. The van der Waals surface area contributed by atoms with Gasteiger partial charge in [0.05, 0.1) is 5.69 Å². The zero-order valence-corrected chi connectivity index (χ0v) is 11.2. The zero-order chi connectivity index (χ0) is 12.5. The Morgan fingerprint density at radius 1 is 1.33 bits per heavy atom. The molecule has 3 heteroatoms. The summed E-state index contributed by atoms with van der Waals surface area (Å²) in [5, 5.41) is 3.44. The van der Waals surface area contributed by atoms with Crippen molar-refractivity contribution in [3.05, 3.63) is 35.3 Å². The van der Waals surface area contributed by atoms with Crippen LogP contribution < -0.4 is 5.32 Å². The van der Waals surface area contributed by atoms with Gasteiger partial charge in [-0.2, -0.15) is 0 Å². The van der Waals surface area contributed by atoms with Gasteiger partial charge in [-0.3, -0.25) is 0 Å². The Bertz CT molecular complexity index is 550. The third-order valence-electron chi connectivity index (χ3n) is 4.03. The number of rotatable bonds is 2. The molecule has 0 amide bonds. The maximum absolute atomic E-state index is 4.63. The van der Waals surface area contributed by atoms with Gasteiger partial charge in [0.15, 0.2) is 0 Å². The molecule has 2 aromatic heterocycles. The van der Waals surface area contributed by atoms with E-state index in [0.717, 1.165) is 25.2 Å². The molecule has 3 heterocycles. The van der Waals surface area contributed by atoms with Gasteiger partial charge >= 0.3 is 0 Å². The van der Waals surface area contributed by atoms with Gasteiger partial charge in [-0.25, -0.2) is 4.98 Å². The summed E-state index contributed by atoms with van der Waals surface area (Å²) in [5.41, 5.74) is 5.16. The molecule has 18 heavy (non-hydrogen) atoms. The first-order valence-corrected chi connectivity index (χ1v) is 6.96. The molecule has 2 aromatic rings. The Hall–Kier alpha value is -1.35. The van der Waals surface area contributed by atoms with Crippen molar-refractivity contribution in [2.24, 2.45) is 0 Å². The van der Waals surface area contributed by atoms with E-state index in [1.165, 1.54) is 29.7 Å². The quantitative estimate of drug-likeness (QED) is 0.878. The molecule has 1 aliphatic rings. The van der Waals surface area contributed by atoms with E-state index in [4.69, 9.17) is 0 Å². The SMILES string of the molecule is CCc1cn2cc(C3CCNCC3)c(C)cc2n1. The zero-order valence-electron chi connectivity index (χ0n) is 11.2. The highest BCUT2D eigenvalue weighted by atomic mass is 15.0. The molecule has 96 valence electrons. The number of aryl methyl sites for hydroxylation is 2. The maximum Gasteiger partial charge on any atom is 0.137 e. The van der Waals surface area contributed by atoms with Gasteiger partial charge in [0, 0.05) is 12.4 Å². The monoisotopic (exact) mass is 243 g/mol. The minimum Gasteiger partial charge on any atom is -0.317 e. The Morgan fingerprint density at radius 3 is 2.83 bits per heavy atom. The molecule has 0 saturated carbocycles. The van der Waals surface area contributed by atoms with E-state index in [0.29, 0.717) is 5.92 Å². The summed E-state index contributed by atoms with van der Waals surface area (Å²) in [6, 6.07) is 2.23. The first kappa shape index (κ1) is 11.7. The van der Waals surface area contributed by atoms with Gasteiger partial charge in [0.25, 0.3) is 0 Å². The van der Waals surface area contributed by atoms with Crippen LogP contribution in [0.25, 0.3) is 5.65 Å². The molecule has 3 nitrogen and oxygen atoms in total. The number of nitrogens with one attached hydrogen (secondary N) is 1. The highest BCUT2D eigenvalue weighted by molar-refractivity contribution is 5.46. The Balaban J connectivity index is 2.02. The molecular weight excluding hydrogens is 222 g/mol. The van der Waals surface area contributed by atoms with Gasteiger partial charge in [-0.05, 0) is 62.4 Å². The number of piperidine rings is 1. The second kappa shape index (κ2) is 4.73. The van der Waals surface area contributed by atoms with Crippen LogP contribution in [0.5, 0.6) is 0 Å². The number of aromatic nitrogens is 2. The van der Waals surface area contributed by atoms with Crippen LogP contribution in [-0.2, 0) is 6.42 Å². The average molecular weight is 243 g/mol. The maximum atomic E-state index is 4.63. The van der Waals surface area contributed by atoms with Crippen LogP contribution in [0, 0.1) is 6.92 Å². The lowest BCUT2D eigenvalue weighted by atomic mass is 9.89. The van der Waals surface area contributed by atoms with Crippen molar-refractivity contribution >= 4 is 5.65 Å². The predicted molar refractivity (Wildman–Crippen MR) is 74.2 cm³/mol. The number of fused-ring (bicyclic) bond motifs is 1. The van der Waals surface area contributed by atoms with Crippen LogP contribution in [0.4, 0.5) is 0 Å². The minimum absolute atomic E-state index is 0.711. The van der Waals surface area contributed by atoms with Gasteiger partial charge in [-0.15, -0.1) is 0 Å². The van der Waals surface area contributed by atoms with E-state index >= 15 is 0 Å². The van der Waals surface area contributed by atoms with Crippen molar-refractivity contribution in [3.63, 3.8) is 0 Å². The number of pyridine rings is 1. The van der Waals surface area contributed by atoms with Gasteiger partial charge in [0.1, 0.15) is 5.65 Å². The van der Waals surface area contributed by atoms with Gasteiger partial charge in [-0.1, -0.05) is 6.92 Å². The minimum atomic E-state index is 0.711. The van der Waals surface area contributed by atoms with Gasteiger partial charge < -0.3 is 9.72 Å². The van der Waals surface area contributed by atoms with Crippen LogP contribution >= 0.6 is 0 Å². The van der Waals surface area contributed by atoms with E-state index in [-0.39, 0.29) is 0 Å². The van der Waals surface area contributed by atoms with Crippen molar-refractivity contribution in [3.8, 4) is 0 Å². The van der Waals surface area contributed by atoms with Crippen LogP contribution in [0.1, 0.15) is 42.5 Å². The van der Waals surface area contributed by atoms with E-state index in [1.807, 2.05) is 0 Å². The molecule has 0 aliphatic carbocycles. The summed E-state index contributed by atoms with van der Waals surface area (Å²) < 4.78 is 2.20. The fourth-order valence-corrected chi connectivity index (χ4v) is 2.93. The second-order valence-corrected chi connectivity index (χ2v) is 5.29. The third kappa shape index (κ3) is 2.03. The highest BCUT2D eigenvalue weighted by Crippen LogP contribution is 2.28. The average Bonchev–Trinajstić information content (AvgIpc) is 2.80. The molecule has 0 atom stereocenters. The Kier molecular flexibility index (Phi) is 3.08. The number of imidazole rings is 1. The summed E-state index contributed by atoms with van der Waals surface area (Å²) >= 11 is 0. The predicted octanol–water partition coefficient (Wildman–Crippen LogP) is 2.67. The Morgan fingerprint density at radius 2 is 2.11 bits per heavy atom. The van der Waals surface area contributed by atoms with Crippen molar-refractivity contribution in [2.75, 3.05) is 13.1 Å². The molecule has 1 N–H and O–H groups in total. The van der Waals surface area contributed by atoms with Crippen LogP contribution in [0.2, 0.25) is 0 Å². The van der Waals surface area contributed by atoms with E-state index < -0.39 is 0 Å². The molecule has 1 fully saturated rings. The number of hydrogen-bond acceptors (Lipinski definition) is 2. The normalized spacial score (nSPS) is 17.4. The van der Waals surface area contributed by atoms with E-state index in [1.54, 1.807) is 0 Å². The standard InChI is InChI=1S/C15H21N3/c1-3-13-9-18-10-14(11(2)8-15(18)17-13)12-4-6-16-7-5-12/h8-10,12,16H,3-7H2,1-2H3. The Labute approximate surface area is 108 Å². The third-order valence-corrected chi connectivity index (χ3v) is 4.03. The van der Waals surface area contributed by atoms with Crippen molar-refractivity contribution in [1.29, 1.82) is 0 Å². The molecule has 0 aromatic carbocycles. The van der Waals surface area contributed by atoms with Crippen molar-refractivity contribution in [2.45, 2.75) is 39.0 Å². The fraction of sp³-hybridized carbons (Fsp3) is 0.533. The first-order valence-electron chi connectivity index (χ1n) is 6.96. The molecule has 0 radical (unpaired) electrons. The second-order valence-electron chi connectivity index (χ2n) is 5.29. The lowest BCUT2D eigenvalue weighted by Crippen LogP contribution is -2.27.